The van der Waals surface area contributed by atoms with E-state index < -0.39 is 0 Å². The van der Waals surface area contributed by atoms with Gasteiger partial charge in [-0.2, -0.15) is 0 Å². The molecule has 3 unspecified atom stereocenters. The van der Waals surface area contributed by atoms with Crippen molar-refractivity contribution in [3.63, 3.8) is 0 Å². The fraction of sp³-hybridized carbons (Fsp3) is 0.462. The second-order valence-electron chi connectivity index (χ2n) is 4.53. The van der Waals surface area contributed by atoms with Gasteiger partial charge >= 0.3 is 0 Å². The molecule has 0 radical (unpaired) electrons. The van der Waals surface area contributed by atoms with Crippen molar-refractivity contribution in [1.82, 2.24) is 5.32 Å². The van der Waals surface area contributed by atoms with Crippen molar-refractivity contribution >= 4 is 5.91 Å². The van der Waals surface area contributed by atoms with Crippen LogP contribution in [0.15, 0.2) is 36.5 Å². The molecule has 2 heteroatoms. The maximum atomic E-state index is 11.8. The summed E-state index contributed by atoms with van der Waals surface area (Å²) < 4.78 is 0. The van der Waals surface area contributed by atoms with Crippen molar-refractivity contribution in [2.75, 3.05) is 0 Å². The lowest BCUT2D eigenvalue weighted by Crippen LogP contribution is -2.30. The molecule has 0 bridgehead atoms. The van der Waals surface area contributed by atoms with E-state index in [-0.39, 0.29) is 23.8 Å². The molecule has 0 saturated carbocycles. The van der Waals surface area contributed by atoms with E-state index in [2.05, 4.69) is 25.1 Å². The van der Waals surface area contributed by atoms with E-state index in [0.29, 0.717) is 0 Å². The van der Waals surface area contributed by atoms with Gasteiger partial charge in [-0.25, -0.2) is 0 Å². The summed E-state index contributed by atoms with van der Waals surface area (Å²) in [7, 11) is 0. The van der Waals surface area contributed by atoms with Crippen molar-refractivity contribution in [2.24, 2.45) is 11.8 Å². The van der Waals surface area contributed by atoms with Gasteiger partial charge in [0.25, 0.3) is 0 Å². The third-order valence-corrected chi connectivity index (χ3v) is 2.93. The van der Waals surface area contributed by atoms with E-state index in [1.165, 1.54) is 0 Å². The zero-order valence-electron chi connectivity index (χ0n) is 9.76. The molecular formula is C13H19NO. The van der Waals surface area contributed by atoms with Crippen LogP contribution in [0.2, 0.25) is 0 Å². The Morgan fingerprint density at radius 1 is 1.07 bits per heavy atom. The van der Waals surface area contributed by atoms with E-state index >= 15 is 0 Å². The Labute approximate surface area is 91.8 Å². The average molecular weight is 205 g/mol. The van der Waals surface area contributed by atoms with Crippen LogP contribution in [0.5, 0.6) is 0 Å². The first-order valence-corrected chi connectivity index (χ1v) is 5.12. The SMILES string of the molecule is C=C(C)C1NC(=O)C(C(=C)C)C1C(=C)C. The summed E-state index contributed by atoms with van der Waals surface area (Å²) in [6, 6.07) is 0.0108. The Hall–Kier alpha value is -1.31. The molecule has 1 heterocycles. The Kier molecular flexibility index (Phi) is 3.18. The molecule has 0 spiro atoms. The Morgan fingerprint density at radius 2 is 1.60 bits per heavy atom. The molecule has 1 amide bonds. The van der Waals surface area contributed by atoms with E-state index in [0.717, 1.165) is 16.7 Å². The van der Waals surface area contributed by atoms with Crippen molar-refractivity contribution in [1.29, 1.82) is 0 Å². The molecule has 1 N–H and O–H groups in total. The number of rotatable bonds is 3. The topological polar surface area (TPSA) is 29.1 Å². The zero-order chi connectivity index (χ0) is 11.7. The smallest absolute Gasteiger partial charge is 0.228 e. The first-order valence-electron chi connectivity index (χ1n) is 5.12. The lowest BCUT2D eigenvalue weighted by Gasteiger charge is -2.23. The summed E-state index contributed by atoms with van der Waals surface area (Å²) in [6.07, 6.45) is 0. The zero-order valence-corrected chi connectivity index (χ0v) is 9.76. The van der Waals surface area contributed by atoms with E-state index in [1.54, 1.807) is 0 Å². The maximum absolute atomic E-state index is 11.8. The predicted octanol–water partition coefficient (Wildman–Crippen LogP) is 2.45. The van der Waals surface area contributed by atoms with Gasteiger partial charge in [0.05, 0.1) is 12.0 Å². The molecule has 0 aliphatic carbocycles. The highest BCUT2D eigenvalue weighted by molar-refractivity contribution is 5.85. The first-order chi connectivity index (χ1) is 6.86. The standard InChI is InChI=1S/C13H19NO/c1-7(2)10-11(8(3)4)13(15)14-12(10)9(5)6/h10-12H,1,3,5H2,2,4,6H3,(H,14,15). The van der Waals surface area contributed by atoms with E-state index in [9.17, 15) is 4.79 Å². The van der Waals surface area contributed by atoms with Gasteiger partial charge in [0.15, 0.2) is 0 Å². The molecule has 1 saturated heterocycles. The van der Waals surface area contributed by atoms with Crippen LogP contribution >= 0.6 is 0 Å². The summed E-state index contributed by atoms with van der Waals surface area (Å²) in [5, 5.41) is 2.96. The van der Waals surface area contributed by atoms with Gasteiger partial charge in [-0.1, -0.05) is 36.5 Å². The number of hydrogen-bond acceptors (Lipinski definition) is 1. The van der Waals surface area contributed by atoms with Gasteiger partial charge in [-0.05, 0) is 20.8 Å². The lowest BCUT2D eigenvalue weighted by molar-refractivity contribution is -0.121. The fourth-order valence-electron chi connectivity index (χ4n) is 2.22. The van der Waals surface area contributed by atoms with Crippen molar-refractivity contribution in [3.8, 4) is 0 Å². The molecule has 0 aromatic rings. The highest BCUT2D eigenvalue weighted by Gasteiger charge is 2.42. The van der Waals surface area contributed by atoms with Crippen LogP contribution in [0.25, 0.3) is 0 Å². The van der Waals surface area contributed by atoms with Crippen molar-refractivity contribution < 1.29 is 4.79 Å². The third kappa shape index (κ3) is 2.04. The van der Waals surface area contributed by atoms with Crippen LogP contribution in [0.1, 0.15) is 20.8 Å². The summed E-state index contributed by atoms with van der Waals surface area (Å²) in [6.45, 7) is 17.5. The maximum Gasteiger partial charge on any atom is 0.228 e. The Morgan fingerprint density at radius 3 is 1.93 bits per heavy atom. The van der Waals surface area contributed by atoms with Gasteiger partial charge in [-0.15, -0.1) is 0 Å². The molecule has 15 heavy (non-hydrogen) atoms. The Bertz CT molecular complexity index is 340. The van der Waals surface area contributed by atoms with Gasteiger partial charge in [0.1, 0.15) is 0 Å². The third-order valence-electron chi connectivity index (χ3n) is 2.93. The number of nitrogens with one attached hydrogen (secondary N) is 1. The van der Waals surface area contributed by atoms with Crippen LogP contribution in [0, 0.1) is 11.8 Å². The van der Waals surface area contributed by atoms with Gasteiger partial charge in [0, 0.05) is 5.92 Å². The minimum Gasteiger partial charge on any atom is -0.348 e. The summed E-state index contributed by atoms with van der Waals surface area (Å²) in [5.74, 6) is 0.000185. The molecule has 3 atom stereocenters. The van der Waals surface area contributed by atoms with E-state index in [1.807, 2.05) is 20.8 Å². The fourth-order valence-corrected chi connectivity index (χ4v) is 2.22. The summed E-state index contributed by atoms with van der Waals surface area (Å²) in [4.78, 5) is 11.8. The molecule has 1 fully saturated rings. The highest BCUT2D eigenvalue weighted by atomic mass is 16.2. The number of amides is 1. The van der Waals surface area contributed by atoms with E-state index in [4.69, 9.17) is 0 Å². The second-order valence-corrected chi connectivity index (χ2v) is 4.53. The molecule has 0 aromatic heterocycles. The quantitative estimate of drug-likeness (QED) is 0.704. The van der Waals surface area contributed by atoms with Crippen molar-refractivity contribution in [2.45, 2.75) is 26.8 Å². The number of carbonyl (C=O) groups is 1. The number of carbonyl (C=O) groups excluding carboxylic acids is 1. The minimum atomic E-state index is -0.149. The Balaban J connectivity index is 3.09. The van der Waals surface area contributed by atoms with Crippen molar-refractivity contribution in [3.05, 3.63) is 36.5 Å². The lowest BCUT2D eigenvalue weighted by atomic mass is 9.80. The summed E-state index contributed by atoms with van der Waals surface area (Å²) in [5.41, 5.74) is 2.87. The molecule has 82 valence electrons. The average Bonchev–Trinajstić information content (AvgIpc) is 2.42. The molecule has 1 aliphatic heterocycles. The van der Waals surface area contributed by atoms with Crippen LogP contribution in [0.4, 0.5) is 0 Å². The summed E-state index contributed by atoms with van der Waals surface area (Å²) >= 11 is 0. The molecule has 0 aromatic carbocycles. The van der Waals surface area contributed by atoms with Crippen LogP contribution in [-0.2, 0) is 4.79 Å². The van der Waals surface area contributed by atoms with Crippen LogP contribution in [-0.4, -0.2) is 11.9 Å². The largest absolute Gasteiger partial charge is 0.348 e. The first kappa shape index (κ1) is 11.8. The van der Waals surface area contributed by atoms with Gasteiger partial charge in [-0.3, -0.25) is 4.79 Å². The normalized spacial score (nSPS) is 29.8. The van der Waals surface area contributed by atoms with Gasteiger partial charge < -0.3 is 5.32 Å². The molecule has 1 aliphatic rings. The second kappa shape index (κ2) is 4.05. The van der Waals surface area contributed by atoms with Crippen LogP contribution in [0.3, 0.4) is 0 Å². The highest BCUT2D eigenvalue weighted by Crippen LogP contribution is 2.35. The number of hydrogen-bond donors (Lipinski definition) is 1. The predicted molar refractivity (Wildman–Crippen MR) is 63.4 cm³/mol. The molecule has 2 nitrogen and oxygen atoms in total. The van der Waals surface area contributed by atoms with Gasteiger partial charge in [0.2, 0.25) is 5.91 Å². The monoisotopic (exact) mass is 205 g/mol. The van der Waals surface area contributed by atoms with Crippen LogP contribution < -0.4 is 5.32 Å². The minimum absolute atomic E-state index is 0.0108. The molecule has 1 rings (SSSR count). The molecular weight excluding hydrogens is 186 g/mol.